The number of nitrogens with one attached hydrogen (secondary N) is 1. The number of phenolic OH excluding ortho intramolecular Hbond substituents is 1. The van der Waals surface area contributed by atoms with Crippen molar-refractivity contribution in [2.24, 2.45) is 5.92 Å². The second-order valence-electron chi connectivity index (χ2n) is 6.30. The summed E-state index contributed by atoms with van der Waals surface area (Å²) in [7, 11) is 0. The second kappa shape index (κ2) is 6.06. The van der Waals surface area contributed by atoms with Crippen molar-refractivity contribution in [3.05, 3.63) is 29.3 Å². The third kappa shape index (κ3) is 2.91. The van der Waals surface area contributed by atoms with Crippen LogP contribution in [0.2, 0.25) is 0 Å². The van der Waals surface area contributed by atoms with Gasteiger partial charge >= 0.3 is 0 Å². The monoisotopic (exact) mass is 288 g/mol. The van der Waals surface area contributed by atoms with E-state index in [-0.39, 0.29) is 11.7 Å². The number of carbonyl (C=O) groups is 1. The smallest absolute Gasteiger partial charge is 0.254 e. The molecule has 21 heavy (non-hydrogen) atoms. The van der Waals surface area contributed by atoms with E-state index in [1.54, 1.807) is 18.2 Å². The third-order valence-corrected chi connectivity index (χ3v) is 4.93. The predicted octanol–water partition coefficient (Wildman–Crippen LogP) is 2.30. The Hall–Kier alpha value is -1.55. The molecule has 0 saturated carbocycles. The number of phenols is 1. The number of aromatic hydroxyl groups is 1. The number of rotatable bonds is 2. The number of amides is 1. The molecule has 0 spiro atoms. The van der Waals surface area contributed by atoms with Crippen LogP contribution in [0.3, 0.4) is 0 Å². The highest BCUT2D eigenvalue weighted by atomic mass is 16.3. The quantitative estimate of drug-likeness (QED) is 0.878. The molecule has 2 fully saturated rings. The summed E-state index contributed by atoms with van der Waals surface area (Å²) in [6, 6.07) is 5.56. The molecule has 1 aromatic carbocycles. The summed E-state index contributed by atoms with van der Waals surface area (Å²) in [6.45, 7) is 4.84. The van der Waals surface area contributed by atoms with Gasteiger partial charge in [0.15, 0.2) is 0 Å². The maximum absolute atomic E-state index is 12.8. The third-order valence-electron chi connectivity index (χ3n) is 4.93. The van der Waals surface area contributed by atoms with Crippen molar-refractivity contribution in [3.8, 4) is 5.75 Å². The molecule has 114 valence electrons. The number of carbonyl (C=O) groups excluding carboxylic acids is 1. The average Bonchev–Trinajstić information content (AvgIpc) is 2.99. The number of nitrogens with zero attached hydrogens (tertiary/aromatic N) is 1. The lowest BCUT2D eigenvalue weighted by Crippen LogP contribution is -2.43. The fraction of sp³-hybridized carbons (Fsp3) is 0.588. The molecule has 0 radical (unpaired) electrons. The highest BCUT2D eigenvalue weighted by Crippen LogP contribution is 2.31. The molecule has 4 heteroatoms. The summed E-state index contributed by atoms with van der Waals surface area (Å²) in [6.07, 6.45) is 4.58. The predicted molar refractivity (Wildman–Crippen MR) is 82.5 cm³/mol. The van der Waals surface area contributed by atoms with Crippen LogP contribution < -0.4 is 5.32 Å². The molecule has 2 saturated heterocycles. The molecular formula is C17H24N2O2. The first-order valence-corrected chi connectivity index (χ1v) is 7.98. The standard InChI is InChI=1S/C17H24N2O2/c1-12-11-14(4-5-16(12)20)17(21)19-10-2-3-15(19)13-6-8-18-9-7-13/h4-5,11,13,15,18,20H,2-3,6-10H2,1H3. The van der Waals surface area contributed by atoms with Gasteiger partial charge in [-0.25, -0.2) is 0 Å². The summed E-state index contributed by atoms with van der Waals surface area (Å²) >= 11 is 0. The first-order valence-electron chi connectivity index (χ1n) is 7.98. The van der Waals surface area contributed by atoms with Crippen LogP contribution in [0.4, 0.5) is 0 Å². The minimum atomic E-state index is 0.124. The molecule has 0 aliphatic carbocycles. The van der Waals surface area contributed by atoms with Gasteiger partial charge in [0, 0.05) is 18.2 Å². The summed E-state index contributed by atoms with van der Waals surface area (Å²) in [5.74, 6) is 1.01. The summed E-state index contributed by atoms with van der Waals surface area (Å²) in [5.41, 5.74) is 1.46. The van der Waals surface area contributed by atoms with Gasteiger partial charge < -0.3 is 15.3 Å². The van der Waals surface area contributed by atoms with Crippen molar-refractivity contribution < 1.29 is 9.90 Å². The van der Waals surface area contributed by atoms with Crippen molar-refractivity contribution in [2.45, 2.75) is 38.6 Å². The van der Waals surface area contributed by atoms with Crippen LogP contribution in [0.15, 0.2) is 18.2 Å². The highest BCUT2D eigenvalue weighted by molar-refractivity contribution is 5.95. The van der Waals surface area contributed by atoms with Crippen LogP contribution in [0.5, 0.6) is 5.75 Å². The second-order valence-corrected chi connectivity index (χ2v) is 6.30. The van der Waals surface area contributed by atoms with E-state index >= 15 is 0 Å². The number of hydrogen-bond donors (Lipinski definition) is 2. The molecule has 2 heterocycles. The van der Waals surface area contributed by atoms with E-state index in [0.717, 1.165) is 38.0 Å². The van der Waals surface area contributed by atoms with Gasteiger partial charge in [0.05, 0.1) is 0 Å². The summed E-state index contributed by atoms with van der Waals surface area (Å²) < 4.78 is 0. The van der Waals surface area contributed by atoms with Gasteiger partial charge in [0.2, 0.25) is 0 Å². The lowest BCUT2D eigenvalue weighted by molar-refractivity contribution is 0.0666. The van der Waals surface area contributed by atoms with Gasteiger partial charge in [0.25, 0.3) is 5.91 Å². The van der Waals surface area contributed by atoms with Gasteiger partial charge in [0.1, 0.15) is 5.75 Å². The van der Waals surface area contributed by atoms with Gasteiger partial charge in [-0.2, -0.15) is 0 Å². The Bertz CT molecular complexity index is 524. The first-order chi connectivity index (χ1) is 10.2. The van der Waals surface area contributed by atoms with Crippen LogP contribution >= 0.6 is 0 Å². The maximum atomic E-state index is 12.8. The van der Waals surface area contributed by atoms with Gasteiger partial charge in [-0.15, -0.1) is 0 Å². The molecular weight excluding hydrogens is 264 g/mol. The number of aryl methyl sites for hydroxylation is 1. The normalized spacial score (nSPS) is 23.5. The maximum Gasteiger partial charge on any atom is 0.254 e. The molecule has 1 amide bonds. The zero-order valence-corrected chi connectivity index (χ0v) is 12.6. The van der Waals surface area contributed by atoms with Crippen LogP contribution in [0, 0.1) is 12.8 Å². The zero-order valence-electron chi connectivity index (χ0n) is 12.6. The van der Waals surface area contributed by atoms with Crippen LogP contribution in [-0.2, 0) is 0 Å². The van der Waals surface area contributed by atoms with E-state index in [1.165, 1.54) is 12.8 Å². The van der Waals surface area contributed by atoms with Gasteiger partial charge in [-0.1, -0.05) is 0 Å². The molecule has 0 bridgehead atoms. The molecule has 4 nitrogen and oxygen atoms in total. The fourth-order valence-electron chi connectivity index (χ4n) is 3.72. The van der Waals surface area contributed by atoms with E-state index in [0.29, 0.717) is 17.5 Å². The zero-order chi connectivity index (χ0) is 14.8. The lowest BCUT2D eigenvalue weighted by Gasteiger charge is -2.34. The van der Waals surface area contributed by atoms with Crippen LogP contribution in [0.25, 0.3) is 0 Å². The van der Waals surface area contributed by atoms with Gasteiger partial charge in [-0.05, 0) is 75.4 Å². The van der Waals surface area contributed by atoms with Crippen LogP contribution in [-0.4, -0.2) is 41.6 Å². The molecule has 1 aromatic rings. The Balaban J connectivity index is 1.77. The Labute approximate surface area is 126 Å². The molecule has 2 N–H and O–H groups in total. The molecule has 1 atom stereocenters. The van der Waals surface area contributed by atoms with Crippen molar-refractivity contribution in [3.63, 3.8) is 0 Å². The molecule has 1 unspecified atom stereocenters. The van der Waals surface area contributed by atoms with Crippen LogP contribution in [0.1, 0.15) is 41.6 Å². The van der Waals surface area contributed by atoms with E-state index in [1.807, 2.05) is 6.92 Å². The van der Waals surface area contributed by atoms with Crippen molar-refractivity contribution >= 4 is 5.91 Å². The van der Waals surface area contributed by atoms with E-state index in [2.05, 4.69) is 10.2 Å². The topological polar surface area (TPSA) is 52.6 Å². The summed E-state index contributed by atoms with van der Waals surface area (Å²) in [4.78, 5) is 14.9. The Morgan fingerprint density at radius 2 is 2.05 bits per heavy atom. The van der Waals surface area contributed by atoms with E-state index in [9.17, 15) is 9.90 Å². The largest absolute Gasteiger partial charge is 0.508 e. The minimum absolute atomic E-state index is 0.124. The first kappa shape index (κ1) is 14.4. The molecule has 0 aromatic heterocycles. The summed E-state index contributed by atoms with van der Waals surface area (Å²) in [5, 5.41) is 13.0. The van der Waals surface area contributed by atoms with Crippen molar-refractivity contribution in [1.82, 2.24) is 10.2 Å². The fourth-order valence-corrected chi connectivity index (χ4v) is 3.72. The van der Waals surface area contributed by atoms with E-state index in [4.69, 9.17) is 0 Å². The number of piperidine rings is 1. The number of hydrogen-bond acceptors (Lipinski definition) is 3. The van der Waals surface area contributed by atoms with Gasteiger partial charge in [-0.3, -0.25) is 4.79 Å². The van der Waals surface area contributed by atoms with Crippen molar-refractivity contribution in [1.29, 1.82) is 0 Å². The number of benzene rings is 1. The van der Waals surface area contributed by atoms with E-state index < -0.39 is 0 Å². The SMILES string of the molecule is Cc1cc(C(=O)N2CCCC2C2CCNCC2)ccc1O. The number of likely N-dealkylation sites (tertiary alicyclic amines) is 1. The Kier molecular flexibility index (Phi) is 4.15. The molecule has 2 aliphatic heterocycles. The minimum Gasteiger partial charge on any atom is -0.508 e. The Morgan fingerprint density at radius 1 is 1.29 bits per heavy atom. The highest BCUT2D eigenvalue weighted by Gasteiger charge is 2.35. The lowest BCUT2D eigenvalue weighted by atomic mass is 9.88. The average molecular weight is 288 g/mol. The molecule has 2 aliphatic rings. The Morgan fingerprint density at radius 3 is 2.76 bits per heavy atom. The van der Waals surface area contributed by atoms with Crippen molar-refractivity contribution in [2.75, 3.05) is 19.6 Å². The molecule has 3 rings (SSSR count).